The third-order valence-electron chi connectivity index (χ3n) is 4.03. The fourth-order valence-electron chi connectivity index (χ4n) is 2.59. The summed E-state index contributed by atoms with van der Waals surface area (Å²) in [5.41, 5.74) is 3.08. The Hall–Kier alpha value is -1.66. The van der Waals surface area contributed by atoms with Crippen molar-refractivity contribution in [3.8, 4) is 0 Å². The summed E-state index contributed by atoms with van der Waals surface area (Å²) in [6, 6.07) is 3.48. The number of carbonyl (C=O) groups excluding carboxylic acids is 1. The normalized spacial score (nSPS) is 19.9. The van der Waals surface area contributed by atoms with Crippen molar-refractivity contribution in [2.75, 3.05) is 38.1 Å². The van der Waals surface area contributed by atoms with Crippen LogP contribution in [-0.4, -0.2) is 53.4 Å². The predicted octanol–water partition coefficient (Wildman–Crippen LogP) is 0.535. The van der Waals surface area contributed by atoms with Gasteiger partial charge in [0.25, 0.3) is 5.91 Å². The van der Waals surface area contributed by atoms with E-state index in [0.29, 0.717) is 11.4 Å². The highest BCUT2D eigenvalue weighted by molar-refractivity contribution is 5.94. The molecule has 1 aliphatic carbocycles. The topological polar surface area (TPSA) is 74.5 Å². The van der Waals surface area contributed by atoms with E-state index < -0.39 is 0 Å². The van der Waals surface area contributed by atoms with E-state index in [4.69, 9.17) is 5.84 Å². The number of carbonyl (C=O) groups is 1. The monoisotopic (exact) mass is 275 g/mol. The van der Waals surface area contributed by atoms with Crippen LogP contribution in [0.5, 0.6) is 0 Å². The molecule has 3 N–H and O–H groups in total. The van der Waals surface area contributed by atoms with Crippen molar-refractivity contribution in [2.45, 2.75) is 12.8 Å². The predicted molar refractivity (Wildman–Crippen MR) is 77.1 cm³/mol. The number of rotatable bonds is 4. The van der Waals surface area contributed by atoms with Crippen LogP contribution in [0, 0.1) is 5.92 Å². The lowest BCUT2D eigenvalue weighted by molar-refractivity contribution is 0.0631. The summed E-state index contributed by atoms with van der Waals surface area (Å²) in [7, 11) is 0. The highest BCUT2D eigenvalue weighted by atomic mass is 16.2. The number of hydrazine groups is 1. The third-order valence-corrected chi connectivity index (χ3v) is 4.03. The van der Waals surface area contributed by atoms with E-state index >= 15 is 0 Å². The molecule has 20 heavy (non-hydrogen) atoms. The molecule has 1 aromatic heterocycles. The molecule has 1 saturated heterocycles. The van der Waals surface area contributed by atoms with Gasteiger partial charge in [-0.15, -0.1) is 0 Å². The molecule has 6 heteroatoms. The Bertz CT molecular complexity index is 463. The number of nitrogens with one attached hydrogen (secondary N) is 1. The van der Waals surface area contributed by atoms with Gasteiger partial charge in [0.05, 0.1) is 5.56 Å². The molecular formula is C14H21N5O. The Morgan fingerprint density at radius 3 is 2.60 bits per heavy atom. The lowest BCUT2D eigenvalue weighted by Gasteiger charge is -2.34. The molecule has 3 rings (SSSR count). The van der Waals surface area contributed by atoms with Crippen molar-refractivity contribution in [2.24, 2.45) is 11.8 Å². The summed E-state index contributed by atoms with van der Waals surface area (Å²) < 4.78 is 0. The van der Waals surface area contributed by atoms with Crippen LogP contribution in [0.4, 0.5) is 5.82 Å². The number of aromatic nitrogens is 1. The molecule has 0 bridgehead atoms. The lowest BCUT2D eigenvalue weighted by Crippen LogP contribution is -2.49. The number of nitrogens with zero attached hydrogens (tertiary/aromatic N) is 3. The molecule has 0 atom stereocenters. The maximum atomic E-state index is 12.4. The van der Waals surface area contributed by atoms with Crippen LogP contribution in [0.15, 0.2) is 18.3 Å². The minimum Gasteiger partial charge on any atom is -0.336 e. The summed E-state index contributed by atoms with van der Waals surface area (Å²) in [5, 5.41) is 0. The molecule has 1 amide bonds. The summed E-state index contributed by atoms with van der Waals surface area (Å²) in [6.07, 6.45) is 4.34. The first-order valence-corrected chi connectivity index (χ1v) is 7.20. The molecule has 2 fully saturated rings. The van der Waals surface area contributed by atoms with Gasteiger partial charge >= 0.3 is 0 Å². The average Bonchev–Trinajstić information content (AvgIpc) is 3.31. The summed E-state index contributed by atoms with van der Waals surface area (Å²) >= 11 is 0. The molecule has 1 aromatic rings. The third kappa shape index (κ3) is 3.08. The molecule has 2 heterocycles. The number of piperazine rings is 1. The zero-order valence-electron chi connectivity index (χ0n) is 11.6. The van der Waals surface area contributed by atoms with E-state index in [1.807, 2.05) is 4.90 Å². The van der Waals surface area contributed by atoms with Gasteiger partial charge in [-0.3, -0.25) is 9.69 Å². The number of hydrogen-bond donors (Lipinski definition) is 2. The van der Waals surface area contributed by atoms with Crippen molar-refractivity contribution in [1.82, 2.24) is 14.8 Å². The first kappa shape index (κ1) is 13.3. The van der Waals surface area contributed by atoms with Gasteiger partial charge in [-0.25, -0.2) is 10.8 Å². The van der Waals surface area contributed by atoms with Crippen LogP contribution in [0.25, 0.3) is 0 Å². The second-order valence-corrected chi connectivity index (χ2v) is 5.61. The standard InChI is InChI=1S/C14H21N5O/c15-17-13-4-3-12(9-16-13)14(20)19-7-5-18(6-8-19)10-11-1-2-11/h3-4,9,11H,1-2,5-8,10,15H2,(H,16,17). The summed E-state index contributed by atoms with van der Waals surface area (Å²) in [4.78, 5) is 20.8. The van der Waals surface area contributed by atoms with Gasteiger partial charge in [0, 0.05) is 38.9 Å². The summed E-state index contributed by atoms with van der Waals surface area (Å²) in [5.74, 6) is 6.81. The maximum Gasteiger partial charge on any atom is 0.255 e. The van der Waals surface area contributed by atoms with Gasteiger partial charge < -0.3 is 10.3 Å². The van der Waals surface area contributed by atoms with Gasteiger partial charge in [0.2, 0.25) is 0 Å². The van der Waals surface area contributed by atoms with E-state index in [2.05, 4.69) is 15.3 Å². The van der Waals surface area contributed by atoms with E-state index in [1.165, 1.54) is 19.4 Å². The van der Waals surface area contributed by atoms with Crippen molar-refractivity contribution in [3.05, 3.63) is 23.9 Å². The Morgan fingerprint density at radius 1 is 1.30 bits per heavy atom. The largest absolute Gasteiger partial charge is 0.336 e. The zero-order chi connectivity index (χ0) is 13.9. The lowest BCUT2D eigenvalue weighted by atomic mass is 10.2. The molecule has 0 spiro atoms. The first-order valence-electron chi connectivity index (χ1n) is 7.20. The van der Waals surface area contributed by atoms with Gasteiger partial charge in [-0.05, 0) is 30.9 Å². The van der Waals surface area contributed by atoms with Crippen molar-refractivity contribution < 1.29 is 4.79 Å². The molecule has 108 valence electrons. The van der Waals surface area contributed by atoms with Gasteiger partial charge in [-0.2, -0.15) is 0 Å². The van der Waals surface area contributed by atoms with Crippen LogP contribution in [-0.2, 0) is 0 Å². The molecule has 0 unspecified atom stereocenters. The molecule has 2 aliphatic rings. The average molecular weight is 275 g/mol. The minimum atomic E-state index is 0.0622. The van der Waals surface area contributed by atoms with E-state index in [-0.39, 0.29) is 5.91 Å². The second-order valence-electron chi connectivity index (χ2n) is 5.61. The summed E-state index contributed by atoms with van der Waals surface area (Å²) in [6.45, 7) is 4.79. The van der Waals surface area contributed by atoms with Crippen LogP contribution in [0.3, 0.4) is 0 Å². The van der Waals surface area contributed by atoms with E-state index in [1.54, 1.807) is 18.3 Å². The number of nitrogen functional groups attached to an aromatic ring is 1. The minimum absolute atomic E-state index is 0.0622. The van der Waals surface area contributed by atoms with Gasteiger partial charge in [0.15, 0.2) is 0 Å². The van der Waals surface area contributed by atoms with Crippen LogP contribution < -0.4 is 11.3 Å². The number of amides is 1. The number of hydrogen-bond acceptors (Lipinski definition) is 5. The van der Waals surface area contributed by atoms with Crippen molar-refractivity contribution in [3.63, 3.8) is 0 Å². The molecule has 0 radical (unpaired) electrons. The van der Waals surface area contributed by atoms with Gasteiger partial charge in [0.1, 0.15) is 5.82 Å². The second kappa shape index (κ2) is 5.76. The molecule has 6 nitrogen and oxygen atoms in total. The van der Waals surface area contributed by atoms with E-state index in [0.717, 1.165) is 32.1 Å². The Balaban J connectivity index is 1.54. The number of nitrogens with two attached hydrogens (primary N) is 1. The van der Waals surface area contributed by atoms with Crippen LogP contribution in [0.2, 0.25) is 0 Å². The molecule has 0 aromatic carbocycles. The highest BCUT2D eigenvalue weighted by Crippen LogP contribution is 2.29. The molecule has 1 saturated carbocycles. The maximum absolute atomic E-state index is 12.4. The SMILES string of the molecule is NNc1ccc(C(=O)N2CCN(CC3CC3)CC2)cn1. The van der Waals surface area contributed by atoms with Gasteiger partial charge in [-0.1, -0.05) is 0 Å². The Labute approximate surface area is 118 Å². The van der Waals surface area contributed by atoms with Crippen LogP contribution >= 0.6 is 0 Å². The zero-order valence-corrected chi connectivity index (χ0v) is 11.6. The van der Waals surface area contributed by atoms with Crippen LogP contribution in [0.1, 0.15) is 23.2 Å². The Morgan fingerprint density at radius 2 is 2.05 bits per heavy atom. The number of pyridine rings is 1. The Kier molecular flexibility index (Phi) is 3.84. The molecule has 1 aliphatic heterocycles. The van der Waals surface area contributed by atoms with Crippen molar-refractivity contribution >= 4 is 11.7 Å². The first-order chi connectivity index (χ1) is 9.76. The molecular weight excluding hydrogens is 254 g/mol. The quantitative estimate of drug-likeness (QED) is 0.619. The fraction of sp³-hybridized carbons (Fsp3) is 0.571. The van der Waals surface area contributed by atoms with Crippen molar-refractivity contribution in [1.29, 1.82) is 0 Å². The number of anilines is 1. The highest BCUT2D eigenvalue weighted by Gasteiger charge is 2.27. The van der Waals surface area contributed by atoms with E-state index in [9.17, 15) is 4.79 Å². The fourth-order valence-corrected chi connectivity index (χ4v) is 2.59. The smallest absolute Gasteiger partial charge is 0.255 e.